The van der Waals surface area contributed by atoms with Gasteiger partial charge in [0.05, 0.1) is 4.91 Å². The number of hydrogen-bond donors (Lipinski definition) is 1. The maximum absolute atomic E-state index is 12.2. The molecule has 0 atom stereocenters. The zero-order chi connectivity index (χ0) is 15.0. The van der Waals surface area contributed by atoms with Gasteiger partial charge in [0.1, 0.15) is 10.9 Å². The molecule has 2 aliphatic rings. The fourth-order valence-corrected chi connectivity index (χ4v) is 3.64. The predicted octanol–water partition coefficient (Wildman–Crippen LogP) is 1.84. The van der Waals surface area contributed by atoms with Gasteiger partial charge in [0.2, 0.25) is 0 Å². The zero-order valence-corrected chi connectivity index (χ0v) is 12.6. The molecule has 21 heavy (non-hydrogen) atoms. The molecule has 1 amide bonds. The number of thiocarbonyl (C=S) groups is 1. The molecule has 0 aliphatic carbocycles. The number of carbonyl (C=O) groups excluding carboxylic acids is 1. The summed E-state index contributed by atoms with van der Waals surface area (Å²) in [6.45, 7) is 0.418. The molecule has 2 aliphatic heterocycles. The second kappa shape index (κ2) is 5.50. The van der Waals surface area contributed by atoms with Crippen LogP contribution in [-0.4, -0.2) is 39.3 Å². The van der Waals surface area contributed by atoms with Crippen molar-refractivity contribution in [2.45, 2.75) is 6.42 Å². The first-order valence-electron chi connectivity index (χ1n) is 6.38. The van der Waals surface area contributed by atoms with E-state index >= 15 is 0 Å². The van der Waals surface area contributed by atoms with Crippen LogP contribution in [0.25, 0.3) is 0 Å². The summed E-state index contributed by atoms with van der Waals surface area (Å²) in [6, 6.07) is 8.03. The number of thioether (sulfide) groups is 1. The van der Waals surface area contributed by atoms with Crippen LogP contribution < -0.4 is 4.90 Å². The summed E-state index contributed by atoms with van der Waals surface area (Å²) >= 11 is 6.23. The molecule has 7 heteroatoms. The second-order valence-corrected chi connectivity index (χ2v) is 6.39. The molecule has 0 spiro atoms. The van der Waals surface area contributed by atoms with Gasteiger partial charge in [-0.1, -0.05) is 42.2 Å². The number of carboxylic acid groups (broad SMARTS) is 1. The number of carbonyl (C=O) groups is 2. The Morgan fingerprint density at radius 3 is 2.95 bits per heavy atom. The summed E-state index contributed by atoms with van der Waals surface area (Å²) < 4.78 is 0.293. The van der Waals surface area contributed by atoms with E-state index in [-0.39, 0.29) is 5.91 Å². The summed E-state index contributed by atoms with van der Waals surface area (Å²) in [5.41, 5.74) is 2.33. The summed E-state index contributed by atoms with van der Waals surface area (Å²) in [4.78, 5) is 26.6. The quantitative estimate of drug-likeness (QED) is 0.677. The molecule has 1 saturated heterocycles. The van der Waals surface area contributed by atoms with Crippen LogP contribution in [0.4, 0.5) is 5.69 Å². The third-order valence-corrected chi connectivity index (χ3v) is 4.73. The molecule has 0 radical (unpaired) electrons. The molecule has 108 valence electrons. The van der Waals surface area contributed by atoms with E-state index in [0.717, 1.165) is 35.3 Å². The van der Waals surface area contributed by atoms with Crippen LogP contribution in [-0.2, 0) is 16.0 Å². The van der Waals surface area contributed by atoms with Crippen molar-refractivity contribution in [2.24, 2.45) is 0 Å². The molecular weight excluding hydrogens is 308 g/mol. The lowest BCUT2D eigenvalue weighted by Gasteiger charge is -2.14. The van der Waals surface area contributed by atoms with Gasteiger partial charge in [-0.15, -0.1) is 0 Å². The van der Waals surface area contributed by atoms with Crippen LogP contribution >= 0.6 is 24.0 Å². The van der Waals surface area contributed by atoms with Gasteiger partial charge in [0.25, 0.3) is 5.91 Å². The third-order valence-electron chi connectivity index (χ3n) is 3.36. The minimum atomic E-state index is -1.07. The van der Waals surface area contributed by atoms with E-state index in [2.05, 4.69) is 6.07 Å². The highest BCUT2D eigenvalue weighted by Gasteiger charge is 2.34. The fraction of sp³-hybridized carbons (Fsp3) is 0.214. The average molecular weight is 320 g/mol. The maximum atomic E-state index is 12.2. The number of para-hydroxylation sites is 1. The number of hydrogen-bond acceptors (Lipinski definition) is 5. The Bertz CT molecular complexity index is 672. The van der Waals surface area contributed by atoms with Crippen molar-refractivity contribution in [3.63, 3.8) is 0 Å². The van der Waals surface area contributed by atoms with Crippen LogP contribution in [0, 0.1) is 0 Å². The van der Waals surface area contributed by atoms with Gasteiger partial charge in [-0.2, -0.15) is 0 Å². The highest BCUT2D eigenvalue weighted by molar-refractivity contribution is 8.26. The molecule has 0 saturated carbocycles. The normalized spacial score (nSPS) is 19.5. The van der Waals surface area contributed by atoms with Crippen molar-refractivity contribution in [1.29, 1.82) is 0 Å². The van der Waals surface area contributed by atoms with Crippen molar-refractivity contribution in [2.75, 3.05) is 18.0 Å². The number of nitrogens with zero attached hydrogens (tertiary/aromatic N) is 2. The molecule has 1 N–H and O–H groups in total. The summed E-state index contributed by atoms with van der Waals surface area (Å²) in [5.74, 6) is -1.41. The minimum absolute atomic E-state index is 0.293. The minimum Gasteiger partial charge on any atom is -0.480 e. The van der Waals surface area contributed by atoms with Gasteiger partial charge in [-0.25, -0.2) is 0 Å². The number of fused-ring (bicyclic) bond motifs is 1. The molecule has 2 heterocycles. The van der Waals surface area contributed by atoms with E-state index in [4.69, 9.17) is 17.3 Å². The lowest BCUT2D eigenvalue weighted by molar-refractivity contribution is -0.140. The van der Waals surface area contributed by atoms with Gasteiger partial charge >= 0.3 is 5.97 Å². The van der Waals surface area contributed by atoms with E-state index in [1.165, 1.54) is 5.56 Å². The number of rotatable bonds is 3. The zero-order valence-electron chi connectivity index (χ0n) is 11.0. The molecule has 1 aromatic rings. The van der Waals surface area contributed by atoms with E-state index in [9.17, 15) is 9.59 Å². The fourth-order valence-electron chi connectivity index (χ4n) is 2.40. The van der Waals surface area contributed by atoms with Crippen LogP contribution in [0.3, 0.4) is 0 Å². The Hall–Kier alpha value is -1.86. The Kier molecular flexibility index (Phi) is 3.69. The van der Waals surface area contributed by atoms with Gasteiger partial charge in [-0.3, -0.25) is 14.5 Å². The van der Waals surface area contributed by atoms with Crippen LogP contribution in [0.2, 0.25) is 0 Å². The maximum Gasteiger partial charge on any atom is 0.323 e. The summed E-state index contributed by atoms with van der Waals surface area (Å²) in [5, 5.41) is 8.82. The average Bonchev–Trinajstić information content (AvgIpc) is 2.96. The van der Waals surface area contributed by atoms with Gasteiger partial charge in [0, 0.05) is 18.4 Å². The van der Waals surface area contributed by atoms with Crippen LogP contribution in [0.15, 0.2) is 35.4 Å². The largest absolute Gasteiger partial charge is 0.480 e. The van der Waals surface area contributed by atoms with Crippen molar-refractivity contribution in [3.8, 4) is 0 Å². The Morgan fingerprint density at radius 1 is 1.43 bits per heavy atom. The highest BCUT2D eigenvalue weighted by atomic mass is 32.2. The molecule has 1 fully saturated rings. The van der Waals surface area contributed by atoms with Gasteiger partial charge < -0.3 is 10.0 Å². The lowest BCUT2D eigenvalue weighted by Crippen LogP contribution is -2.33. The molecule has 1 aromatic carbocycles. The summed E-state index contributed by atoms with van der Waals surface area (Å²) in [6.07, 6.45) is 2.70. The molecule has 3 rings (SSSR count). The SMILES string of the molecule is O=C(O)CN1C(=O)/C(=C/N2CCc3ccccc32)SC1=S. The monoisotopic (exact) mass is 320 g/mol. The summed E-state index contributed by atoms with van der Waals surface area (Å²) in [7, 11) is 0. The van der Waals surface area contributed by atoms with E-state index in [0.29, 0.717) is 9.23 Å². The molecule has 5 nitrogen and oxygen atoms in total. The van der Waals surface area contributed by atoms with Crippen LogP contribution in [0.1, 0.15) is 5.56 Å². The van der Waals surface area contributed by atoms with Gasteiger partial charge in [-0.05, 0) is 18.1 Å². The standard InChI is InChI=1S/C14H12N2O3S2/c17-12(18)8-16-13(19)11(21-14(16)20)7-15-6-5-9-3-1-2-4-10(9)15/h1-4,7H,5-6,8H2,(H,17,18)/b11-7-. The number of benzene rings is 1. The number of aliphatic carboxylic acids is 1. The van der Waals surface area contributed by atoms with E-state index in [1.807, 2.05) is 23.1 Å². The number of carboxylic acids is 1. The molecule has 0 bridgehead atoms. The Morgan fingerprint density at radius 2 is 2.19 bits per heavy atom. The van der Waals surface area contributed by atoms with Crippen molar-refractivity contribution in [3.05, 3.63) is 40.9 Å². The van der Waals surface area contributed by atoms with Crippen LogP contribution in [0.5, 0.6) is 0 Å². The van der Waals surface area contributed by atoms with E-state index in [1.54, 1.807) is 6.20 Å². The van der Waals surface area contributed by atoms with Gasteiger partial charge in [0.15, 0.2) is 0 Å². The first-order valence-corrected chi connectivity index (χ1v) is 7.60. The highest BCUT2D eigenvalue weighted by Crippen LogP contribution is 2.34. The second-order valence-electron chi connectivity index (χ2n) is 4.72. The molecular formula is C14H12N2O3S2. The number of anilines is 1. The Labute approximate surface area is 131 Å². The number of amides is 1. The van der Waals surface area contributed by atoms with E-state index < -0.39 is 12.5 Å². The first-order chi connectivity index (χ1) is 10.1. The Balaban J connectivity index is 1.84. The third kappa shape index (κ3) is 2.66. The van der Waals surface area contributed by atoms with Crippen molar-refractivity contribution < 1.29 is 14.7 Å². The smallest absolute Gasteiger partial charge is 0.323 e. The topological polar surface area (TPSA) is 60.9 Å². The first kappa shape index (κ1) is 14.1. The van der Waals surface area contributed by atoms with Crippen molar-refractivity contribution >= 4 is 45.9 Å². The lowest BCUT2D eigenvalue weighted by atomic mass is 10.2. The van der Waals surface area contributed by atoms with Crippen molar-refractivity contribution in [1.82, 2.24) is 4.90 Å². The molecule has 0 aromatic heterocycles. The molecule has 0 unspecified atom stereocenters. The predicted molar refractivity (Wildman–Crippen MR) is 85.1 cm³/mol.